The van der Waals surface area contributed by atoms with Crippen molar-refractivity contribution < 1.29 is 9.59 Å². The molecule has 26 heavy (non-hydrogen) atoms. The third-order valence-corrected chi connectivity index (χ3v) is 4.45. The van der Waals surface area contributed by atoms with Crippen LogP contribution in [0.15, 0.2) is 42.6 Å². The molecule has 0 atom stereocenters. The van der Waals surface area contributed by atoms with Crippen LogP contribution in [0.4, 0.5) is 5.82 Å². The van der Waals surface area contributed by atoms with Crippen LogP contribution >= 0.6 is 0 Å². The van der Waals surface area contributed by atoms with E-state index in [0.717, 1.165) is 30.0 Å². The third-order valence-electron chi connectivity index (χ3n) is 4.45. The maximum absolute atomic E-state index is 12.3. The summed E-state index contributed by atoms with van der Waals surface area (Å²) < 4.78 is 0. The molecule has 3 rings (SSSR count). The Balaban J connectivity index is 1.55. The molecule has 1 fully saturated rings. The number of pyridine rings is 1. The summed E-state index contributed by atoms with van der Waals surface area (Å²) in [4.78, 5) is 30.0. The number of nitrogens with zero attached hydrogens (tertiary/aromatic N) is 2. The molecule has 1 aromatic carbocycles. The van der Waals surface area contributed by atoms with E-state index in [1.165, 1.54) is 19.8 Å². The number of rotatable bonds is 6. The van der Waals surface area contributed by atoms with Crippen molar-refractivity contribution in [2.24, 2.45) is 0 Å². The van der Waals surface area contributed by atoms with E-state index in [1.54, 1.807) is 18.3 Å². The van der Waals surface area contributed by atoms with Crippen molar-refractivity contribution in [3.63, 3.8) is 0 Å². The Morgan fingerprint density at radius 2 is 1.69 bits per heavy atom. The molecule has 1 aliphatic heterocycles. The second-order valence-electron chi connectivity index (χ2n) is 6.51. The first kappa shape index (κ1) is 17.9. The number of amides is 2. The Labute approximate surface area is 153 Å². The van der Waals surface area contributed by atoms with E-state index in [0.29, 0.717) is 18.7 Å². The van der Waals surface area contributed by atoms with Gasteiger partial charge in [0, 0.05) is 44.9 Å². The lowest BCUT2D eigenvalue weighted by Crippen LogP contribution is -2.24. The molecule has 0 spiro atoms. The van der Waals surface area contributed by atoms with Crippen molar-refractivity contribution in [2.75, 3.05) is 18.0 Å². The molecule has 0 unspecified atom stereocenters. The van der Waals surface area contributed by atoms with Gasteiger partial charge in [0.2, 0.25) is 5.91 Å². The van der Waals surface area contributed by atoms with Crippen LogP contribution in [-0.2, 0) is 17.9 Å². The molecule has 6 nitrogen and oxygen atoms in total. The van der Waals surface area contributed by atoms with E-state index in [9.17, 15) is 9.59 Å². The zero-order chi connectivity index (χ0) is 18.4. The molecule has 6 heteroatoms. The number of aromatic nitrogens is 1. The molecule has 0 bridgehead atoms. The first-order valence-corrected chi connectivity index (χ1v) is 8.93. The van der Waals surface area contributed by atoms with Crippen LogP contribution in [0.5, 0.6) is 0 Å². The van der Waals surface area contributed by atoms with Crippen molar-refractivity contribution >= 4 is 17.6 Å². The summed E-state index contributed by atoms with van der Waals surface area (Å²) in [5, 5.41) is 5.68. The molecule has 1 saturated heterocycles. The summed E-state index contributed by atoms with van der Waals surface area (Å²) in [6.07, 6.45) is 4.22. The topological polar surface area (TPSA) is 74.3 Å². The monoisotopic (exact) mass is 352 g/mol. The van der Waals surface area contributed by atoms with Crippen LogP contribution in [-0.4, -0.2) is 29.9 Å². The van der Waals surface area contributed by atoms with E-state index in [2.05, 4.69) is 20.5 Å². The maximum Gasteiger partial charge on any atom is 0.251 e. The molecule has 0 aliphatic carbocycles. The zero-order valence-electron chi connectivity index (χ0n) is 15.0. The van der Waals surface area contributed by atoms with Crippen LogP contribution in [0, 0.1) is 0 Å². The van der Waals surface area contributed by atoms with Crippen LogP contribution in [0.1, 0.15) is 41.3 Å². The Kier molecular flexibility index (Phi) is 5.84. The molecule has 2 amide bonds. The summed E-state index contributed by atoms with van der Waals surface area (Å²) >= 11 is 0. The lowest BCUT2D eigenvalue weighted by Gasteiger charge is -2.17. The predicted octanol–water partition coefficient (Wildman–Crippen LogP) is 2.25. The van der Waals surface area contributed by atoms with Gasteiger partial charge in [0.05, 0.1) is 0 Å². The molecule has 136 valence electrons. The van der Waals surface area contributed by atoms with E-state index in [-0.39, 0.29) is 11.8 Å². The smallest absolute Gasteiger partial charge is 0.251 e. The van der Waals surface area contributed by atoms with Gasteiger partial charge < -0.3 is 15.5 Å². The Bertz CT molecular complexity index is 768. The normalized spacial score (nSPS) is 13.5. The first-order valence-electron chi connectivity index (χ1n) is 8.93. The van der Waals surface area contributed by atoms with Gasteiger partial charge in [-0.25, -0.2) is 4.98 Å². The highest BCUT2D eigenvalue weighted by molar-refractivity contribution is 5.94. The molecule has 2 aromatic rings. The average Bonchev–Trinajstić information content (AvgIpc) is 3.20. The largest absolute Gasteiger partial charge is 0.357 e. The van der Waals surface area contributed by atoms with Gasteiger partial charge in [-0.05, 0) is 48.2 Å². The molecular weight excluding hydrogens is 328 g/mol. The molecule has 1 aromatic heterocycles. The van der Waals surface area contributed by atoms with Gasteiger partial charge in [-0.15, -0.1) is 0 Å². The fourth-order valence-corrected chi connectivity index (χ4v) is 2.97. The van der Waals surface area contributed by atoms with Crippen LogP contribution in [0.25, 0.3) is 0 Å². The van der Waals surface area contributed by atoms with Crippen LogP contribution in [0.2, 0.25) is 0 Å². The lowest BCUT2D eigenvalue weighted by molar-refractivity contribution is -0.119. The Morgan fingerprint density at radius 1 is 1.00 bits per heavy atom. The van der Waals surface area contributed by atoms with Crippen molar-refractivity contribution in [1.29, 1.82) is 0 Å². The highest BCUT2D eigenvalue weighted by Crippen LogP contribution is 2.18. The minimum atomic E-state index is -0.115. The first-order chi connectivity index (χ1) is 12.6. The Hall–Kier alpha value is -2.89. The summed E-state index contributed by atoms with van der Waals surface area (Å²) in [6.45, 7) is 4.51. The van der Waals surface area contributed by atoms with Crippen LogP contribution < -0.4 is 15.5 Å². The molecular formula is C20H24N4O2. The van der Waals surface area contributed by atoms with Gasteiger partial charge in [0.15, 0.2) is 0 Å². The van der Waals surface area contributed by atoms with E-state index < -0.39 is 0 Å². The number of anilines is 1. The molecule has 0 radical (unpaired) electrons. The Morgan fingerprint density at radius 3 is 2.38 bits per heavy atom. The van der Waals surface area contributed by atoms with Crippen molar-refractivity contribution in [3.05, 3.63) is 59.3 Å². The van der Waals surface area contributed by atoms with Gasteiger partial charge in [-0.1, -0.05) is 12.1 Å². The summed E-state index contributed by atoms with van der Waals surface area (Å²) in [6, 6.07) is 11.2. The lowest BCUT2D eigenvalue weighted by atomic mass is 10.1. The van der Waals surface area contributed by atoms with Gasteiger partial charge in [0.1, 0.15) is 5.82 Å². The average molecular weight is 352 g/mol. The molecule has 2 N–H and O–H groups in total. The summed E-state index contributed by atoms with van der Waals surface area (Å²) in [5.74, 6) is 0.796. The standard InChI is InChI=1S/C20H24N4O2/c1-15(25)22-13-16-4-6-18(7-5-16)20(26)23-14-17-8-9-21-19(12-17)24-10-2-3-11-24/h4-9,12H,2-3,10-11,13-14H2,1H3,(H,22,25)(H,23,26). The van der Waals surface area contributed by atoms with Crippen molar-refractivity contribution in [1.82, 2.24) is 15.6 Å². The number of nitrogens with one attached hydrogen (secondary N) is 2. The number of carbonyl (C=O) groups is 2. The number of carbonyl (C=O) groups excluding carboxylic acids is 2. The molecule has 0 saturated carbocycles. The highest BCUT2D eigenvalue weighted by atomic mass is 16.2. The molecule has 2 heterocycles. The highest BCUT2D eigenvalue weighted by Gasteiger charge is 2.13. The third kappa shape index (κ3) is 4.81. The van der Waals surface area contributed by atoms with Crippen LogP contribution in [0.3, 0.4) is 0 Å². The van der Waals surface area contributed by atoms with E-state index in [1.807, 2.05) is 24.3 Å². The van der Waals surface area contributed by atoms with E-state index in [4.69, 9.17) is 0 Å². The predicted molar refractivity (Wildman–Crippen MR) is 101 cm³/mol. The van der Waals surface area contributed by atoms with Gasteiger partial charge in [0.25, 0.3) is 5.91 Å². The van der Waals surface area contributed by atoms with Crippen molar-refractivity contribution in [3.8, 4) is 0 Å². The maximum atomic E-state index is 12.3. The second-order valence-corrected chi connectivity index (χ2v) is 6.51. The second kappa shape index (κ2) is 8.47. The fourth-order valence-electron chi connectivity index (χ4n) is 2.97. The minimum absolute atomic E-state index is 0.0718. The number of benzene rings is 1. The fraction of sp³-hybridized carbons (Fsp3) is 0.350. The quantitative estimate of drug-likeness (QED) is 0.836. The summed E-state index contributed by atoms with van der Waals surface area (Å²) in [7, 11) is 0. The van der Waals surface area contributed by atoms with Gasteiger partial charge in [-0.3, -0.25) is 9.59 Å². The van der Waals surface area contributed by atoms with Gasteiger partial charge in [-0.2, -0.15) is 0 Å². The number of hydrogen-bond acceptors (Lipinski definition) is 4. The number of hydrogen-bond donors (Lipinski definition) is 2. The summed E-state index contributed by atoms with van der Waals surface area (Å²) in [5.41, 5.74) is 2.60. The van der Waals surface area contributed by atoms with Crippen molar-refractivity contribution in [2.45, 2.75) is 32.9 Å². The van der Waals surface area contributed by atoms with Gasteiger partial charge >= 0.3 is 0 Å². The van der Waals surface area contributed by atoms with E-state index >= 15 is 0 Å². The SMILES string of the molecule is CC(=O)NCc1ccc(C(=O)NCc2ccnc(N3CCCC3)c2)cc1. The molecule has 1 aliphatic rings. The zero-order valence-corrected chi connectivity index (χ0v) is 15.0. The minimum Gasteiger partial charge on any atom is -0.357 e.